The van der Waals surface area contributed by atoms with Gasteiger partial charge in [0.1, 0.15) is 6.07 Å². The lowest BCUT2D eigenvalue weighted by Crippen LogP contribution is -1.99. The molecule has 0 aliphatic carbocycles. The molecule has 1 aromatic heterocycles. The monoisotopic (exact) mass is 340 g/mol. The first-order chi connectivity index (χ1) is 12.1. The Morgan fingerprint density at radius 2 is 2.08 bits per heavy atom. The predicted molar refractivity (Wildman–Crippen MR) is 95.9 cm³/mol. The van der Waals surface area contributed by atoms with Crippen LogP contribution in [0.4, 0.5) is 5.88 Å². The Labute approximate surface area is 146 Å². The van der Waals surface area contributed by atoms with Gasteiger partial charge < -0.3 is 13.9 Å². The summed E-state index contributed by atoms with van der Waals surface area (Å²) in [6.45, 7) is 10.4. The summed E-state index contributed by atoms with van der Waals surface area (Å²) in [5.74, 6) is 1.81. The Bertz CT molecular complexity index is 818. The lowest BCUT2D eigenvalue weighted by Gasteiger charge is -2.11. The smallest absolute Gasteiger partial charge is 0.252 e. The van der Waals surface area contributed by atoms with Gasteiger partial charge in [-0.1, -0.05) is 6.58 Å². The minimum Gasteiger partial charge on any atom is -0.490 e. The minimum atomic E-state index is 0.122. The van der Waals surface area contributed by atoms with Gasteiger partial charge in [0.25, 0.3) is 5.88 Å². The number of nitrogens with one attached hydrogen (secondary N) is 1. The zero-order chi connectivity index (χ0) is 18.2. The molecule has 25 heavy (non-hydrogen) atoms. The maximum atomic E-state index is 9.08. The van der Waals surface area contributed by atoms with Gasteiger partial charge in [0.05, 0.1) is 19.4 Å². The lowest BCUT2D eigenvalue weighted by molar-refractivity contribution is 0.288. The quantitative estimate of drug-likeness (QED) is 0.580. The molecule has 0 unspecified atom stereocenters. The number of ether oxygens (including phenoxy) is 2. The Morgan fingerprint density at radius 1 is 1.36 bits per heavy atom. The van der Waals surface area contributed by atoms with E-state index in [1.807, 2.05) is 38.1 Å². The number of hydrazone groups is 1. The maximum Gasteiger partial charge on any atom is 0.252 e. The van der Waals surface area contributed by atoms with Gasteiger partial charge in [0, 0.05) is 5.57 Å². The van der Waals surface area contributed by atoms with Crippen molar-refractivity contribution in [3.63, 3.8) is 0 Å². The van der Waals surface area contributed by atoms with Crippen LogP contribution in [0.25, 0.3) is 5.57 Å². The fourth-order valence-corrected chi connectivity index (χ4v) is 1.97. The number of nitrogens with zero attached hydrogens (tertiary/aromatic N) is 3. The van der Waals surface area contributed by atoms with Gasteiger partial charge in [-0.3, -0.25) is 0 Å². The van der Waals surface area contributed by atoms with Crippen LogP contribution in [0.2, 0.25) is 0 Å². The van der Waals surface area contributed by atoms with Crippen molar-refractivity contribution in [2.75, 3.05) is 18.6 Å². The van der Waals surface area contributed by atoms with Gasteiger partial charge >= 0.3 is 0 Å². The second-order valence-electron chi connectivity index (χ2n) is 5.03. The number of rotatable bonds is 8. The van der Waals surface area contributed by atoms with Gasteiger partial charge in [-0.2, -0.15) is 15.3 Å². The predicted octanol–water partition coefficient (Wildman–Crippen LogP) is 3.82. The van der Waals surface area contributed by atoms with Crippen molar-refractivity contribution >= 4 is 17.7 Å². The number of anilines is 1. The Hall–Kier alpha value is -3.27. The Morgan fingerprint density at radius 3 is 2.72 bits per heavy atom. The Balaban J connectivity index is 2.16. The summed E-state index contributed by atoms with van der Waals surface area (Å²) in [5.41, 5.74) is 4.24. The number of allylic oxidation sites excluding steroid dienone is 1. The first kappa shape index (κ1) is 18.1. The van der Waals surface area contributed by atoms with E-state index in [0.717, 1.165) is 5.56 Å². The fraction of sp³-hybridized carbons (Fsp3) is 0.278. The highest BCUT2D eigenvalue weighted by Crippen LogP contribution is 2.28. The van der Waals surface area contributed by atoms with Crippen LogP contribution >= 0.6 is 0 Å². The average molecular weight is 340 g/mol. The number of hydrogen-bond acceptors (Lipinski definition) is 7. The van der Waals surface area contributed by atoms with E-state index in [1.54, 1.807) is 13.1 Å². The molecule has 0 atom stereocenters. The lowest BCUT2D eigenvalue weighted by atomic mass is 10.2. The molecule has 0 aliphatic rings. The number of aromatic nitrogens is 1. The molecule has 7 nitrogen and oxygen atoms in total. The molecule has 0 amide bonds. The largest absolute Gasteiger partial charge is 0.490 e. The number of nitriles is 1. The van der Waals surface area contributed by atoms with Crippen LogP contribution in [0.5, 0.6) is 11.5 Å². The van der Waals surface area contributed by atoms with E-state index in [0.29, 0.717) is 36.2 Å². The van der Waals surface area contributed by atoms with E-state index in [2.05, 4.69) is 22.1 Å². The van der Waals surface area contributed by atoms with Crippen LogP contribution in [0.15, 0.2) is 34.3 Å². The summed E-state index contributed by atoms with van der Waals surface area (Å²) < 4.78 is 16.5. The van der Waals surface area contributed by atoms with Gasteiger partial charge in [0.15, 0.2) is 11.5 Å². The molecule has 0 fully saturated rings. The summed E-state index contributed by atoms with van der Waals surface area (Å²) >= 11 is 0. The van der Waals surface area contributed by atoms with Gasteiger partial charge in [-0.05, 0) is 44.5 Å². The molecule has 0 aliphatic heterocycles. The summed E-state index contributed by atoms with van der Waals surface area (Å²) in [6, 6.07) is 7.45. The van der Waals surface area contributed by atoms with E-state index >= 15 is 0 Å². The highest BCUT2D eigenvalue weighted by Gasteiger charge is 2.12. The third-order valence-corrected chi connectivity index (χ3v) is 3.05. The summed E-state index contributed by atoms with van der Waals surface area (Å²) in [4.78, 5) is 4.02. The van der Waals surface area contributed by atoms with Crippen molar-refractivity contribution in [3.05, 3.63) is 41.9 Å². The molecule has 1 aromatic carbocycles. The van der Waals surface area contributed by atoms with Crippen molar-refractivity contribution in [3.8, 4) is 17.6 Å². The average Bonchev–Trinajstić information content (AvgIpc) is 3.01. The molecular weight excluding hydrogens is 320 g/mol. The van der Waals surface area contributed by atoms with Crippen LogP contribution in [-0.4, -0.2) is 24.4 Å². The van der Waals surface area contributed by atoms with Crippen LogP contribution in [0.1, 0.15) is 37.9 Å². The second kappa shape index (κ2) is 8.55. The molecule has 2 aromatic rings. The number of oxazole rings is 1. The van der Waals surface area contributed by atoms with Crippen LogP contribution in [0.3, 0.4) is 0 Å². The molecule has 7 heteroatoms. The number of benzene rings is 1. The molecule has 0 saturated heterocycles. The molecule has 0 radical (unpaired) electrons. The van der Waals surface area contributed by atoms with Crippen molar-refractivity contribution in [1.29, 1.82) is 5.26 Å². The van der Waals surface area contributed by atoms with E-state index < -0.39 is 0 Å². The topological polar surface area (TPSA) is 92.7 Å². The molecular formula is C18H20N4O3. The van der Waals surface area contributed by atoms with Gasteiger partial charge in [-0.25, -0.2) is 5.43 Å². The molecule has 0 spiro atoms. The third-order valence-electron chi connectivity index (χ3n) is 3.05. The summed E-state index contributed by atoms with van der Waals surface area (Å²) in [7, 11) is 0. The summed E-state index contributed by atoms with van der Waals surface area (Å²) in [6.07, 6.45) is 1.59. The molecule has 130 valence electrons. The van der Waals surface area contributed by atoms with Crippen molar-refractivity contribution < 1.29 is 13.9 Å². The molecule has 0 bridgehead atoms. The second-order valence-corrected chi connectivity index (χ2v) is 5.03. The molecule has 1 N–H and O–H groups in total. The van der Waals surface area contributed by atoms with Crippen molar-refractivity contribution in [1.82, 2.24) is 4.98 Å². The molecule has 0 saturated carbocycles. The SMILES string of the molecule is C=C(C)c1nc(C#N)c(NN=Cc2ccc(OCC)c(OCC)c2)o1. The number of hydrogen-bond donors (Lipinski definition) is 1. The van der Waals surface area contributed by atoms with E-state index in [-0.39, 0.29) is 11.6 Å². The third kappa shape index (κ3) is 4.61. The molecule has 1 heterocycles. The highest BCUT2D eigenvalue weighted by atomic mass is 16.5. The Kier molecular flexibility index (Phi) is 6.18. The zero-order valence-corrected chi connectivity index (χ0v) is 14.5. The first-order valence-corrected chi connectivity index (χ1v) is 7.84. The fourth-order valence-electron chi connectivity index (χ4n) is 1.97. The highest BCUT2D eigenvalue weighted by molar-refractivity contribution is 5.81. The van der Waals surface area contributed by atoms with Crippen LogP contribution in [0, 0.1) is 11.3 Å². The van der Waals surface area contributed by atoms with Gasteiger partial charge in [0.2, 0.25) is 11.6 Å². The molecule has 2 rings (SSSR count). The maximum absolute atomic E-state index is 9.08. The first-order valence-electron chi connectivity index (χ1n) is 7.84. The normalized spacial score (nSPS) is 10.5. The van der Waals surface area contributed by atoms with Crippen LogP contribution in [-0.2, 0) is 0 Å². The van der Waals surface area contributed by atoms with Crippen LogP contribution < -0.4 is 14.9 Å². The van der Waals surface area contributed by atoms with Crippen molar-refractivity contribution in [2.24, 2.45) is 5.10 Å². The van der Waals surface area contributed by atoms with Crippen molar-refractivity contribution in [2.45, 2.75) is 20.8 Å². The zero-order valence-electron chi connectivity index (χ0n) is 14.5. The minimum absolute atomic E-state index is 0.122. The standard InChI is InChI=1S/C18H20N4O3/c1-5-23-15-8-7-13(9-16(15)24-6-2)11-20-22-18-14(10-19)21-17(25-18)12(3)4/h7-9,11,22H,3,5-6H2,1-2,4H3. The summed E-state index contributed by atoms with van der Waals surface area (Å²) in [5, 5.41) is 13.2. The van der Waals surface area contributed by atoms with E-state index in [9.17, 15) is 0 Å². The van der Waals surface area contributed by atoms with Gasteiger partial charge in [-0.15, -0.1) is 0 Å². The van der Waals surface area contributed by atoms with E-state index in [4.69, 9.17) is 19.2 Å². The van der Waals surface area contributed by atoms with E-state index in [1.165, 1.54) is 0 Å².